The number of amides is 1. The summed E-state index contributed by atoms with van der Waals surface area (Å²) in [6, 6.07) is 0. The molecule has 2 heterocycles. The van der Waals surface area contributed by atoms with E-state index in [2.05, 4.69) is 31.3 Å². The van der Waals surface area contributed by atoms with Crippen LogP contribution in [0.4, 0.5) is 0 Å². The van der Waals surface area contributed by atoms with Crippen LogP contribution in [0.25, 0.3) is 0 Å². The highest BCUT2D eigenvalue weighted by atomic mass is 16.2. The summed E-state index contributed by atoms with van der Waals surface area (Å²) in [6.45, 7) is 3.87. The molecule has 0 radical (unpaired) electrons. The number of hydrogen-bond donors (Lipinski definition) is 3. The van der Waals surface area contributed by atoms with Crippen molar-refractivity contribution >= 4 is 5.91 Å². The average Bonchev–Trinajstić information content (AvgIpc) is 2.70. The number of carbonyl (C=O) groups excluding carboxylic acids is 1. The fourth-order valence-electron chi connectivity index (χ4n) is 1.69. The van der Waals surface area contributed by atoms with Gasteiger partial charge < -0.3 is 10.6 Å². The zero-order chi connectivity index (χ0) is 10.7. The largest absolute Gasteiger partial charge is 0.344 e. The van der Waals surface area contributed by atoms with Crippen LogP contribution < -0.4 is 10.6 Å². The van der Waals surface area contributed by atoms with Crippen molar-refractivity contribution in [1.82, 2.24) is 31.3 Å². The third-order valence-electron chi connectivity index (χ3n) is 2.67. The molecule has 1 amide bonds. The Labute approximate surface area is 87.0 Å². The third-order valence-corrected chi connectivity index (χ3v) is 2.67. The zero-order valence-electron chi connectivity index (χ0n) is 8.58. The normalized spacial score (nSPS) is 19.8. The van der Waals surface area contributed by atoms with Crippen LogP contribution >= 0.6 is 0 Å². The Balaban J connectivity index is 1.98. The van der Waals surface area contributed by atoms with Crippen molar-refractivity contribution in [3.05, 3.63) is 5.82 Å². The molecule has 7 heteroatoms. The number of H-pyrrole nitrogens is 1. The second-order valence-electron chi connectivity index (χ2n) is 4.00. The summed E-state index contributed by atoms with van der Waals surface area (Å²) in [7, 11) is 0. The Kier molecular flexibility index (Phi) is 2.63. The smallest absolute Gasteiger partial charge is 0.293 e. The minimum atomic E-state index is -0.270. The lowest BCUT2D eigenvalue weighted by Gasteiger charge is -2.34. The zero-order valence-corrected chi connectivity index (χ0v) is 8.58. The van der Waals surface area contributed by atoms with Crippen molar-refractivity contribution in [2.24, 2.45) is 0 Å². The summed E-state index contributed by atoms with van der Waals surface area (Å²) in [6.07, 6.45) is 1.83. The molecule has 1 saturated heterocycles. The number of hydrogen-bond acceptors (Lipinski definition) is 5. The maximum absolute atomic E-state index is 11.7. The van der Waals surface area contributed by atoms with Gasteiger partial charge in [-0.1, -0.05) is 0 Å². The van der Waals surface area contributed by atoms with Crippen molar-refractivity contribution in [1.29, 1.82) is 0 Å². The molecular formula is C8H14N6O. The first-order chi connectivity index (χ1) is 7.20. The van der Waals surface area contributed by atoms with E-state index in [1.54, 1.807) is 0 Å². The van der Waals surface area contributed by atoms with Gasteiger partial charge in [-0.2, -0.15) is 5.21 Å². The maximum atomic E-state index is 11.7. The van der Waals surface area contributed by atoms with Crippen LogP contribution in [0.2, 0.25) is 0 Å². The molecule has 0 atom stereocenters. The molecule has 0 saturated carbocycles. The minimum absolute atomic E-state index is 0.0924. The van der Waals surface area contributed by atoms with Gasteiger partial charge in [0, 0.05) is 5.54 Å². The molecule has 1 aliphatic rings. The summed E-state index contributed by atoms with van der Waals surface area (Å²) in [4.78, 5) is 11.7. The van der Waals surface area contributed by atoms with E-state index in [9.17, 15) is 4.79 Å². The van der Waals surface area contributed by atoms with Crippen LogP contribution in [0, 0.1) is 0 Å². The van der Waals surface area contributed by atoms with E-state index in [1.165, 1.54) is 0 Å². The number of piperidine rings is 1. The Morgan fingerprint density at radius 1 is 1.47 bits per heavy atom. The number of aromatic amines is 1. The Hall–Kier alpha value is -1.50. The van der Waals surface area contributed by atoms with Crippen molar-refractivity contribution < 1.29 is 4.79 Å². The monoisotopic (exact) mass is 210 g/mol. The predicted molar refractivity (Wildman–Crippen MR) is 52.2 cm³/mol. The molecule has 7 nitrogen and oxygen atoms in total. The van der Waals surface area contributed by atoms with Crippen LogP contribution in [0.15, 0.2) is 0 Å². The Morgan fingerprint density at radius 2 is 2.20 bits per heavy atom. The van der Waals surface area contributed by atoms with Gasteiger partial charge in [0.15, 0.2) is 0 Å². The van der Waals surface area contributed by atoms with Crippen LogP contribution in [0.1, 0.15) is 30.4 Å². The van der Waals surface area contributed by atoms with Gasteiger partial charge in [-0.05, 0) is 38.1 Å². The van der Waals surface area contributed by atoms with Gasteiger partial charge in [-0.25, -0.2) is 0 Å². The lowest BCUT2D eigenvalue weighted by molar-refractivity contribution is 0.0877. The second-order valence-corrected chi connectivity index (χ2v) is 4.00. The highest BCUT2D eigenvalue weighted by Gasteiger charge is 2.29. The number of rotatable bonds is 2. The highest BCUT2D eigenvalue weighted by molar-refractivity contribution is 5.90. The summed E-state index contributed by atoms with van der Waals surface area (Å²) < 4.78 is 0. The van der Waals surface area contributed by atoms with E-state index in [4.69, 9.17) is 0 Å². The first-order valence-electron chi connectivity index (χ1n) is 4.96. The summed E-state index contributed by atoms with van der Waals surface area (Å²) >= 11 is 0. The van der Waals surface area contributed by atoms with E-state index in [0.717, 1.165) is 25.9 Å². The number of aromatic nitrogens is 4. The molecule has 1 aliphatic heterocycles. The topological polar surface area (TPSA) is 95.6 Å². The van der Waals surface area contributed by atoms with E-state index >= 15 is 0 Å². The molecule has 0 bridgehead atoms. The number of tetrazole rings is 1. The lowest BCUT2D eigenvalue weighted by Crippen LogP contribution is -2.52. The number of nitrogens with zero attached hydrogens (tertiary/aromatic N) is 3. The lowest BCUT2D eigenvalue weighted by atomic mass is 9.90. The van der Waals surface area contributed by atoms with Gasteiger partial charge in [0.1, 0.15) is 0 Å². The van der Waals surface area contributed by atoms with Gasteiger partial charge in [-0.15, -0.1) is 10.2 Å². The van der Waals surface area contributed by atoms with Crippen molar-refractivity contribution in [3.63, 3.8) is 0 Å². The van der Waals surface area contributed by atoms with Gasteiger partial charge in [0.2, 0.25) is 0 Å². The highest BCUT2D eigenvalue weighted by Crippen LogP contribution is 2.17. The maximum Gasteiger partial charge on any atom is 0.293 e. The molecule has 0 spiro atoms. The predicted octanol–water partition coefficient (Wildman–Crippen LogP) is -0.928. The second kappa shape index (κ2) is 3.93. The van der Waals surface area contributed by atoms with Gasteiger partial charge in [0.25, 0.3) is 11.7 Å². The molecule has 1 fully saturated rings. The summed E-state index contributed by atoms with van der Waals surface area (Å²) in [5.41, 5.74) is -0.164. The first kappa shape index (κ1) is 10.0. The molecule has 3 N–H and O–H groups in total. The minimum Gasteiger partial charge on any atom is -0.344 e. The molecule has 15 heavy (non-hydrogen) atoms. The average molecular weight is 210 g/mol. The molecule has 0 aliphatic carbocycles. The van der Waals surface area contributed by atoms with Crippen LogP contribution in [-0.4, -0.2) is 45.2 Å². The van der Waals surface area contributed by atoms with Crippen LogP contribution in [0.5, 0.6) is 0 Å². The van der Waals surface area contributed by atoms with E-state index in [1.807, 2.05) is 6.92 Å². The fourth-order valence-corrected chi connectivity index (χ4v) is 1.69. The molecular weight excluding hydrogens is 196 g/mol. The third kappa shape index (κ3) is 2.30. The van der Waals surface area contributed by atoms with Crippen molar-refractivity contribution in [2.45, 2.75) is 25.3 Å². The van der Waals surface area contributed by atoms with E-state index in [0.29, 0.717) is 0 Å². The van der Waals surface area contributed by atoms with Crippen molar-refractivity contribution in [3.8, 4) is 0 Å². The molecule has 1 aromatic rings. The number of carbonyl (C=O) groups is 1. The van der Waals surface area contributed by atoms with Crippen LogP contribution in [0.3, 0.4) is 0 Å². The number of nitrogens with one attached hydrogen (secondary N) is 3. The molecule has 2 rings (SSSR count). The van der Waals surface area contributed by atoms with Crippen molar-refractivity contribution in [2.75, 3.05) is 13.1 Å². The van der Waals surface area contributed by atoms with Gasteiger partial charge in [0.05, 0.1) is 0 Å². The summed E-state index contributed by atoms with van der Waals surface area (Å²) in [5, 5.41) is 19.1. The Bertz CT molecular complexity index is 329. The molecule has 0 aromatic carbocycles. The van der Waals surface area contributed by atoms with E-state index < -0.39 is 0 Å². The van der Waals surface area contributed by atoms with Crippen LogP contribution in [-0.2, 0) is 0 Å². The Morgan fingerprint density at radius 3 is 2.80 bits per heavy atom. The molecule has 82 valence electrons. The van der Waals surface area contributed by atoms with Gasteiger partial charge >= 0.3 is 0 Å². The van der Waals surface area contributed by atoms with E-state index in [-0.39, 0.29) is 17.3 Å². The first-order valence-corrected chi connectivity index (χ1v) is 4.96. The molecule has 0 unspecified atom stereocenters. The summed E-state index contributed by atoms with van der Waals surface area (Å²) in [5.74, 6) is -0.178. The molecule has 1 aromatic heterocycles. The van der Waals surface area contributed by atoms with Gasteiger partial charge in [-0.3, -0.25) is 4.79 Å². The quantitative estimate of drug-likeness (QED) is 0.586. The fraction of sp³-hybridized carbons (Fsp3) is 0.750. The standard InChI is InChI=1S/C8H14N6O/c1-8(2-4-9-5-3-8)10-7(15)6-11-13-14-12-6/h9H,2-5H2,1H3,(H,10,15)(H,11,12,13,14). The SMILES string of the molecule is CC1(NC(=O)c2nn[nH]n2)CCNCC1.